The van der Waals surface area contributed by atoms with E-state index in [1.54, 1.807) is 0 Å². The van der Waals surface area contributed by atoms with Gasteiger partial charge in [0.1, 0.15) is 5.75 Å². The van der Waals surface area contributed by atoms with E-state index in [4.69, 9.17) is 4.74 Å². The van der Waals surface area contributed by atoms with Crippen molar-refractivity contribution in [1.29, 1.82) is 0 Å². The molecule has 0 saturated heterocycles. The second kappa shape index (κ2) is 5.68. The average Bonchev–Trinajstić information content (AvgIpc) is 3.24. The van der Waals surface area contributed by atoms with Crippen LogP contribution < -0.4 is 15.4 Å². The van der Waals surface area contributed by atoms with Crippen molar-refractivity contribution in [2.24, 2.45) is 5.41 Å². The number of nitrogens with one attached hydrogen (secondary N) is 2. The van der Waals surface area contributed by atoms with Gasteiger partial charge in [-0.05, 0) is 49.3 Å². The van der Waals surface area contributed by atoms with E-state index >= 15 is 0 Å². The van der Waals surface area contributed by atoms with Crippen LogP contribution >= 0.6 is 0 Å². The van der Waals surface area contributed by atoms with Crippen molar-refractivity contribution in [1.82, 2.24) is 5.32 Å². The molecular formula is C17H24N2O2. The number of hydrogen-bond acceptors (Lipinski definition) is 3. The second-order valence-electron chi connectivity index (χ2n) is 6.45. The third kappa shape index (κ3) is 3.21. The molecule has 2 aliphatic rings. The van der Waals surface area contributed by atoms with Crippen LogP contribution in [0.15, 0.2) is 18.2 Å². The van der Waals surface area contributed by atoms with Gasteiger partial charge in [-0.25, -0.2) is 0 Å². The zero-order valence-corrected chi connectivity index (χ0v) is 12.9. The lowest BCUT2D eigenvalue weighted by Crippen LogP contribution is -2.28. The molecule has 0 spiro atoms. The number of carbonyl (C=O) groups excluding carboxylic acids is 1. The molecule has 1 aromatic carbocycles. The second-order valence-corrected chi connectivity index (χ2v) is 6.45. The van der Waals surface area contributed by atoms with Crippen LogP contribution in [0.5, 0.6) is 5.75 Å². The molecule has 21 heavy (non-hydrogen) atoms. The molecule has 3 rings (SSSR count). The van der Waals surface area contributed by atoms with Gasteiger partial charge in [0.05, 0.1) is 5.69 Å². The van der Waals surface area contributed by atoms with Crippen LogP contribution in [0.3, 0.4) is 0 Å². The molecule has 114 valence electrons. The van der Waals surface area contributed by atoms with Gasteiger partial charge in [-0.1, -0.05) is 19.4 Å². The van der Waals surface area contributed by atoms with Crippen molar-refractivity contribution in [3.63, 3.8) is 0 Å². The fourth-order valence-corrected chi connectivity index (χ4v) is 3.08. The van der Waals surface area contributed by atoms with E-state index in [0.29, 0.717) is 5.41 Å². The topological polar surface area (TPSA) is 50.4 Å². The molecular weight excluding hydrogens is 264 g/mol. The molecule has 1 fully saturated rings. The van der Waals surface area contributed by atoms with Crippen molar-refractivity contribution in [3.8, 4) is 5.75 Å². The molecule has 0 radical (unpaired) electrons. The van der Waals surface area contributed by atoms with E-state index in [0.717, 1.165) is 18.0 Å². The smallest absolute Gasteiger partial charge is 0.262 e. The summed E-state index contributed by atoms with van der Waals surface area (Å²) >= 11 is 0. The minimum Gasteiger partial charge on any atom is -0.482 e. The first kappa shape index (κ1) is 14.4. The molecule has 1 amide bonds. The van der Waals surface area contributed by atoms with Gasteiger partial charge < -0.3 is 15.4 Å². The van der Waals surface area contributed by atoms with E-state index in [9.17, 15) is 4.79 Å². The lowest BCUT2D eigenvalue weighted by Gasteiger charge is -2.23. The first-order valence-corrected chi connectivity index (χ1v) is 7.92. The Morgan fingerprint density at radius 3 is 2.95 bits per heavy atom. The SMILES string of the molecule is CCCC1(CNC(C)c2ccc3c(c2)NC(=O)CO3)CC1. The van der Waals surface area contributed by atoms with Crippen LogP contribution in [0.25, 0.3) is 0 Å². The maximum Gasteiger partial charge on any atom is 0.262 e. The molecule has 4 heteroatoms. The summed E-state index contributed by atoms with van der Waals surface area (Å²) in [4.78, 5) is 11.4. The Morgan fingerprint density at radius 1 is 1.43 bits per heavy atom. The predicted molar refractivity (Wildman–Crippen MR) is 83.6 cm³/mol. The highest BCUT2D eigenvalue weighted by Crippen LogP contribution is 2.49. The van der Waals surface area contributed by atoms with Gasteiger partial charge in [-0.15, -0.1) is 0 Å². The highest BCUT2D eigenvalue weighted by atomic mass is 16.5. The average molecular weight is 288 g/mol. The fourth-order valence-electron chi connectivity index (χ4n) is 3.08. The quantitative estimate of drug-likeness (QED) is 0.845. The molecule has 4 nitrogen and oxygen atoms in total. The van der Waals surface area contributed by atoms with Gasteiger partial charge in [-0.3, -0.25) is 4.79 Å². The number of fused-ring (bicyclic) bond motifs is 1. The number of ether oxygens (including phenoxy) is 1. The largest absolute Gasteiger partial charge is 0.482 e. The van der Waals surface area contributed by atoms with Crippen LogP contribution in [0.1, 0.15) is 51.1 Å². The third-order valence-corrected chi connectivity index (χ3v) is 4.66. The van der Waals surface area contributed by atoms with Crippen LogP contribution in [0.4, 0.5) is 5.69 Å². The summed E-state index contributed by atoms with van der Waals surface area (Å²) in [6.07, 6.45) is 5.29. The molecule has 1 heterocycles. The van der Waals surface area contributed by atoms with Crippen molar-refractivity contribution in [3.05, 3.63) is 23.8 Å². The van der Waals surface area contributed by atoms with Gasteiger partial charge in [0.15, 0.2) is 6.61 Å². The summed E-state index contributed by atoms with van der Waals surface area (Å²) in [6, 6.07) is 6.32. The lowest BCUT2D eigenvalue weighted by molar-refractivity contribution is -0.118. The molecule has 1 unspecified atom stereocenters. The maximum absolute atomic E-state index is 11.4. The summed E-state index contributed by atoms with van der Waals surface area (Å²) in [5.74, 6) is 0.676. The van der Waals surface area contributed by atoms with Crippen LogP contribution in [-0.4, -0.2) is 19.1 Å². The molecule has 2 N–H and O–H groups in total. The number of anilines is 1. The maximum atomic E-state index is 11.4. The Bertz CT molecular complexity index is 538. The molecule has 1 aliphatic carbocycles. The zero-order chi connectivity index (χ0) is 14.9. The molecule has 1 atom stereocenters. The Hall–Kier alpha value is -1.55. The Balaban J connectivity index is 1.63. The Kier molecular flexibility index (Phi) is 3.89. The number of hydrogen-bond donors (Lipinski definition) is 2. The standard InChI is InChI=1S/C17H24N2O2/c1-3-6-17(7-8-17)11-18-12(2)13-4-5-15-14(9-13)19-16(20)10-21-15/h4-5,9,12,18H,3,6-8,10-11H2,1-2H3,(H,19,20). The summed E-state index contributed by atoms with van der Waals surface area (Å²) in [5.41, 5.74) is 2.52. The van der Waals surface area contributed by atoms with Gasteiger partial charge in [0.25, 0.3) is 5.91 Å². The van der Waals surface area contributed by atoms with Crippen LogP contribution in [0.2, 0.25) is 0 Å². The van der Waals surface area contributed by atoms with Gasteiger partial charge >= 0.3 is 0 Å². The highest BCUT2D eigenvalue weighted by molar-refractivity contribution is 5.95. The summed E-state index contributed by atoms with van der Waals surface area (Å²) in [7, 11) is 0. The molecule has 1 aromatic rings. The molecule has 0 aromatic heterocycles. The highest BCUT2D eigenvalue weighted by Gasteiger charge is 2.41. The van der Waals surface area contributed by atoms with E-state index in [-0.39, 0.29) is 18.6 Å². The van der Waals surface area contributed by atoms with E-state index in [1.807, 2.05) is 12.1 Å². The molecule has 1 aliphatic heterocycles. The summed E-state index contributed by atoms with van der Waals surface area (Å²) < 4.78 is 5.39. The number of benzene rings is 1. The number of rotatable bonds is 6. The number of amides is 1. The first-order chi connectivity index (χ1) is 10.1. The first-order valence-electron chi connectivity index (χ1n) is 7.92. The third-order valence-electron chi connectivity index (χ3n) is 4.66. The minimum absolute atomic E-state index is 0.0832. The zero-order valence-electron chi connectivity index (χ0n) is 12.9. The van der Waals surface area contributed by atoms with Crippen molar-refractivity contribution in [2.75, 3.05) is 18.5 Å². The van der Waals surface area contributed by atoms with Crippen LogP contribution in [-0.2, 0) is 4.79 Å². The van der Waals surface area contributed by atoms with Gasteiger partial charge in [0, 0.05) is 12.6 Å². The minimum atomic E-state index is -0.0832. The predicted octanol–water partition coefficient (Wildman–Crippen LogP) is 3.25. The Morgan fingerprint density at radius 2 is 2.24 bits per heavy atom. The summed E-state index contributed by atoms with van der Waals surface area (Å²) in [6.45, 7) is 5.63. The lowest BCUT2D eigenvalue weighted by atomic mass is 9.99. The van der Waals surface area contributed by atoms with Crippen LogP contribution in [0, 0.1) is 5.41 Å². The van der Waals surface area contributed by atoms with E-state index < -0.39 is 0 Å². The summed E-state index contributed by atoms with van der Waals surface area (Å²) in [5, 5.41) is 6.52. The number of carbonyl (C=O) groups is 1. The van der Waals surface area contributed by atoms with Gasteiger partial charge in [-0.2, -0.15) is 0 Å². The fraction of sp³-hybridized carbons (Fsp3) is 0.588. The molecule has 1 saturated carbocycles. The van der Waals surface area contributed by atoms with E-state index in [2.05, 4.69) is 30.5 Å². The van der Waals surface area contributed by atoms with E-state index in [1.165, 1.54) is 31.2 Å². The normalized spacial score (nSPS) is 20.2. The van der Waals surface area contributed by atoms with Gasteiger partial charge in [0.2, 0.25) is 0 Å². The Labute approximate surface area is 126 Å². The van der Waals surface area contributed by atoms with Crippen molar-refractivity contribution < 1.29 is 9.53 Å². The van der Waals surface area contributed by atoms with Crippen molar-refractivity contribution in [2.45, 2.75) is 45.6 Å². The monoisotopic (exact) mass is 288 g/mol. The van der Waals surface area contributed by atoms with Crippen molar-refractivity contribution >= 4 is 11.6 Å². The molecule has 0 bridgehead atoms.